The number of nitrogens with zero attached hydrogens (tertiary/aromatic N) is 2. The van der Waals surface area contributed by atoms with E-state index in [2.05, 4.69) is 29.1 Å². The third-order valence-electron chi connectivity index (χ3n) is 4.49. The van der Waals surface area contributed by atoms with Crippen molar-refractivity contribution >= 4 is 29.3 Å². The van der Waals surface area contributed by atoms with E-state index in [4.69, 9.17) is 4.99 Å². The standard InChI is InChI=1S/C20H33N5OS/c1-5-21-20(24-17-9-10-18(12-17)27-4)22-13-15-7-6-8-16(11-15)23-19(26)14-25(2)3/h6-8,11,17-18H,5,9-10,12-14H2,1-4H3,(H,23,26)(H2,21,22,24). The van der Waals surface area contributed by atoms with E-state index in [0.717, 1.165) is 29.0 Å². The fourth-order valence-corrected chi connectivity index (χ4v) is 4.00. The molecule has 0 aliphatic heterocycles. The van der Waals surface area contributed by atoms with E-state index in [1.165, 1.54) is 19.3 Å². The molecule has 1 aromatic carbocycles. The zero-order valence-electron chi connectivity index (χ0n) is 16.9. The first kappa shape index (κ1) is 21.6. The fraction of sp³-hybridized carbons (Fsp3) is 0.600. The van der Waals surface area contributed by atoms with Crippen LogP contribution in [0, 0.1) is 0 Å². The molecule has 27 heavy (non-hydrogen) atoms. The third kappa shape index (κ3) is 7.81. The molecule has 3 N–H and O–H groups in total. The molecule has 0 radical (unpaired) electrons. The summed E-state index contributed by atoms with van der Waals surface area (Å²) in [6.45, 7) is 3.86. The van der Waals surface area contributed by atoms with Crippen LogP contribution in [0.5, 0.6) is 0 Å². The molecule has 0 saturated heterocycles. The predicted molar refractivity (Wildman–Crippen MR) is 117 cm³/mol. The second kappa shape index (κ2) is 11.2. The fourth-order valence-electron chi connectivity index (χ4n) is 3.20. The molecule has 2 unspecified atom stereocenters. The molecule has 0 spiro atoms. The summed E-state index contributed by atoms with van der Waals surface area (Å²) in [5.41, 5.74) is 1.88. The monoisotopic (exact) mass is 391 g/mol. The van der Waals surface area contributed by atoms with Crippen molar-refractivity contribution in [2.75, 3.05) is 38.8 Å². The van der Waals surface area contributed by atoms with E-state index in [-0.39, 0.29) is 5.91 Å². The molecule has 1 fully saturated rings. The highest BCUT2D eigenvalue weighted by molar-refractivity contribution is 7.99. The molecule has 1 saturated carbocycles. The number of thioether (sulfide) groups is 1. The summed E-state index contributed by atoms with van der Waals surface area (Å²) >= 11 is 1.96. The molecule has 150 valence electrons. The number of guanidine groups is 1. The number of rotatable bonds is 8. The highest BCUT2D eigenvalue weighted by Crippen LogP contribution is 2.28. The Morgan fingerprint density at radius 3 is 2.81 bits per heavy atom. The summed E-state index contributed by atoms with van der Waals surface area (Å²) in [6.07, 6.45) is 5.85. The summed E-state index contributed by atoms with van der Waals surface area (Å²) in [7, 11) is 3.76. The molecule has 1 amide bonds. The van der Waals surface area contributed by atoms with Gasteiger partial charge in [-0.2, -0.15) is 11.8 Å². The van der Waals surface area contributed by atoms with Gasteiger partial charge in [0.25, 0.3) is 0 Å². The van der Waals surface area contributed by atoms with Crippen molar-refractivity contribution in [1.82, 2.24) is 15.5 Å². The lowest BCUT2D eigenvalue weighted by molar-refractivity contribution is -0.116. The summed E-state index contributed by atoms with van der Waals surface area (Å²) < 4.78 is 0. The van der Waals surface area contributed by atoms with Gasteiger partial charge in [0.2, 0.25) is 5.91 Å². The number of benzene rings is 1. The van der Waals surface area contributed by atoms with E-state index in [1.54, 1.807) is 0 Å². The smallest absolute Gasteiger partial charge is 0.238 e. The van der Waals surface area contributed by atoms with Crippen molar-refractivity contribution in [2.45, 2.75) is 44.0 Å². The van der Waals surface area contributed by atoms with E-state index < -0.39 is 0 Å². The number of anilines is 1. The first-order valence-electron chi connectivity index (χ1n) is 9.61. The van der Waals surface area contributed by atoms with Crippen LogP contribution in [-0.2, 0) is 11.3 Å². The Balaban J connectivity index is 1.94. The minimum Gasteiger partial charge on any atom is -0.357 e. The summed E-state index contributed by atoms with van der Waals surface area (Å²) in [4.78, 5) is 18.5. The van der Waals surface area contributed by atoms with Crippen molar-refractivity contribution in [3.63, 3.8) is 0 Å². The highest BCUT2D eigenvalue weighted by Gasteiger charge is 2.24. The van der Waals surface area contributed by atoms with Crippen LogP contribution in [0.1, 0.15) is 31.7 Å². The molecule has 7 heteroatoms. The van der Waals surface area contributed by atoms with Crippen LogP contribution in [0.2, 0.25) is 0 Å². The van der Waals surface area contributed by atoms with Gasteiger partial charge in [-0.1, -0.05) is 12.1 Å². The summed E-state index contributed by atoms with van der Waals surface area (Å²) in [5, 5.41) is 10.6. The maximum absolute atomic E-state index is 11.9. The number of carbonyl (C=O) groups excluding carboxylic acids is 1. The van der Waals surface area contributed by atoms with E-state index in [1.807, 2.05) is 55.0 Å². The first-order chi connectivity index (χ1) is 13.0. The number of hydrogen-bond acceptors (Lipinski definition) is 4. The molecule has 0 heterocycles. The van der Waals surface area contributed by atoms with Crippen molar-refractivity contribution in [3.05, 3.63) is 29.8 Å². The highest BCUT2D eigenvalue weighted by atomic mass is 32.2. The average molecular weight is 392 g/mol. The van der Waals surface area contributed by atoms with Crippen LogP contribution < -0.4 is 16.0 Å². The predicted octanol–water partition coefficient (Wildman–Crippen LogP) is 2.53. The lowest BCUT2D eigenvalue weighted by atomic mass is 10.2. The average Bonchev–Trinajstić information content (AvgIpc) is 3.07. The van der Waals surface area contributed by atoms with Crippen LogP contribution in [0.25, 0.3) is 0 Å². The largest absolute Gasteiger partial charge is 0.357 e. The van der Waals surface area contributed by atoms with Crippen LogP contribution >= 0.6 is 11.8 Å². The second-order valence-electron chi connectivity index (χ2n) is 7.19. The van der Waals surface area contributed by atoms with Crippen molar-refractivity contribution < 1.29 is 4.79 Å². The topological polar surface area (TPSA) is 68.8 Å². The SMILES string of the molecule is CCNC(=NCc1cccc(NC(=O)CN(C)C)c1)NC1CCC(SC)C1. The quantitative estimate of drug-likeness (QED) is 0.469. The van der Waals surface area contributed by atoms with E-state index in [0.29, 0.717) is 19.1 Å². The zero-order chi connectivity index (χ0) is 19.6. The van der Waals surface area contributed by atoms with Gasteiger partial charge in [0, 0.05) is 23.5 Å². The van der Waals surface area contributed by atoms with Gasteiger partial charge in [0.1, 0.15) is 0 Å². The Morgan fingerprint density at radius 1 is 1.33 bits per heavy atom. The number of nitrogens with one attached hydrogen (secondary N) is 3. The lowest BCUT2D eigenvalue weighted by Crippen LogP contribution is -2.42. The van der Waals surface area contributed by atoms with Crippen LogP contribution in [0.4, 0.5) is 5.69 Å². The Labute approximate surface area is 167 Å². The normalized spacial score (nSPS) is 20.0. The minimum atomic E-state index is -0.0137. The van der Waals surface area contributed by atoms with E-state index >= 15 is 0 Å². The van der Waals surface area contributed by atoms with Crippen LogP contribution in [-0.4, -0.2) is 61.5 Å². The van der Waals surface area contributed by atoms with Gasteiger partial charge in [-0.25, -0.2) is 4.99 Å². The molecule has 0 aromatic heterocycles. The first-order valence-corrected chi connectivity index (χ1v) is 10.9. The minimum absolute atomic E-state index is 0.0137. The molecule has 1 aromatic rings. The van der Waals surface area contributed by atoms with Crippen molar-refractivity contribution in [3.8, 4) is 0 Å². The van der Waals surface area contributed by atoms with E-state index in [9.17, 15) is 4.79 Å². The van der Waals surface area contributed by atoms with Crippen molar-refractivity contribution in [1.29, 1.82) is 0 Å². The third-order valence-corrected chi connectivity index (χ3v) is 5.59. The Kier molecular flexibility index (Phi) is 8.94. The van der Waals surface area contributed by atoms with Crippen molar-refractivity contribution in [2.24, 2.45) is 4.99 Å². The maximum Gasteiger partial charge on any atom is 0.238 e. The van der Waals surface area contributed by atoms with Gasteiger partial charge in [0.05, 0.1) is 13.1 Å². The summed E-state index contributed by atoms with van der Waals surface area (Å²) in [6, 6.07) is 8.38. The zero-order valence-corrected chi connectivity index (χ0v) is 17.7. The number of amides is 1. The van der Waals surface area contributed by atoms with Crippen LogP contribution in [0.15, 0.2) is 29.3 Å². The number of aliphatic imine (C=N–C) groups is 1. The molecular weight excluding hydrogens is 358 g/mol. The number of carbonyl (C=O) groups is 1. The lowest BCUT2D eigenvalue weighted by Gasteiger charge is -2.17. The summed E-state index contributed by atoms with van der Waals surface area (Å²) in [5.74, 6) is 0.853. The Hall–Kier alpha value is -1.73. The molecule has 0 bridgehead atoms. The Morgan fingerprint density at radius 2 is 2.15 bits per heavy atom. The molecule has 2 rings (SSSR count). The maximum atomic E-state index is 11.9. The van der Waals surface area contributed by atoms with Gasteiger partial charge < -0.3 is 20.9 Å². The number of hydrogen-bond donors (Lipinski definition) is 3. The molecule has 1 aliphatic rings. The number of likely N-dealkylation sites (N-methyl/N-ethyl adjacent to an activating group) is 1. The van der Waals surface area contributed by atoms with Gasteiger partial charge in [-0.05, 0) is 64.2 Å². The molecule has 1 aliphatic carbocycles. The van der Waals surface area contributed by atoms with Gasteiger partial charge in [0.15, 0.2) is 5.96 Å². The van der Waals surface area contributed by atoms with Gasteiger partial charge in [-0.3, -0.25) is 4.79 Å². The van der Waals surface area contributed by atoms with Crippen LogP contribution in [0.3, 0.4) is 0 Å². The molecule has 2 atom stereocenters. The van der Waals surface area contributed by atoms with Gasteiger partial charge >= 0.3 is 0 Å². The molecular formula is C20H33N5OS. The van der Waals surface area contributed by atoms with Gasteiger partial charge in [-0.15, -0.1) is 0 Å². The second-order valence-corrected chi connectivity index (χ2v) is 8.33. The molecule has 6 nitrogen and oxygen atoms in total. The Bertz CT molecular complexity index is 635.